The van der Waals surface area contributed by atoms with Gasteiger partial charge in [-0.2, -0.15) is 0 Å². The van der Waals surface area contributed by atoms with Gasteiger partial charge in [-0.3, -0.25) is 14.5 Å². The third-order valence-electron chi connectivity index (χ3n) is 9.11. The molecular formula is C31H34ClF2N7O4. The maximum Gasteiger partial charge on any atom is 0.309 e. The van der Waals surface area contributed by atoms with E-state index in [2.05, 4.69) is 25.5 Å². The number of amides is 1. The number of nitrogens with zero attached hydrogens (tertiary/aromatic N) is 4. The Bertz CT molecular complexity index is 1570. The van der Waals surface area contributed by atoms with E-state index in [0.29, 0.717) is 48.1 Å². The summed E-state index contributed by atoms with van der Waals surface area (Å²) in [6, 6.07) is 9.34. The number of aliphatic imine (C=N–C) groups is 1. The molecule has 2 fully saturated rings. The van der Waals surface area contributed by atoms with Crippen LogP contribution in [0.2, 0.25) is 0 Å². The molecule has 2 aromatic rings. The SMILES string of the molecule is CC1(C(=O)O)CCC(N2CCOC(C3NC(c4ccc(C(=O)Nc5cc(C(F)F)ccn5)cc4)=C4C(N)=NC=C(Cl)N43)C2)CC1. The summed E-state index contributed by atoms with van der Waals surface area (Å²) in [5.74, 6) is -0.938. The molecule has 1 aromatic carbocycles. The molecule has 2 unspecified atom stereocenters. The number of halogens is 3. The third-order valence-corrected chi connectivity index (χ3v) is 9.39. The van der Waals surface area contributed by atoms with Crippen molar-refractivity contribution >= 4 is 40.8 Å². The second-order valence-electron chi connectivity index (χ2n) is 12.0. The van der Waals surface area contributed by atoms with Crippen LogP contribution in [0, 0.1) is 5.41 Å². The highest BCUT2D eigenvalue weighted by atomic mass is 35.5. The zero-order valence-corrected chi connectivity index (χ0v) is 25.3. The molecule has 1 saturated carbocycles. The van der Waals surface area contributed by atoms with Crippen LogP contribution in [0.25, 0.3) is 5.70 Å². The summed E-state index contributed by atoms with van der Waals surface area (Å²) >= 11 is 6.69. The average molecular weight is 642 g/mol. The van der Waals surface area contributed by atoms with Gasteiger partial charge in [-0.25, -0.2) is 18.8 Å². The van der Waals surface area contributed by atoms with E-state index in [-0.39, 0.29) is 29.4 Å². The number of amidine groups is 1. The highest BCUT2D eigenvalue weighted by Gasteiger charge is 2.45. The molecule has 238 valence electrons. The van der Waals surface area contributed by atoms with Crippen LogP contribution in [0.15, 0.2) is 64.6 Å². The fraction of sp³-hybridized carbons (Fsp3) is 0.419. The number of anilines is 1. The van der Waals surface area contributed by atoms with Gasteiger partial charge >= 0.3 is 5.97 Å². The molecule has 45 heavy (non-hydrogen) atoms. The van der Waals surface area contributed by atoms with Crippen LogP contribution >= 0.6 is 11.6 Å². The number of rotatable bonds is 7. The maximum atomic E-state index is 13.1. The molecule has 3 aliphatic heterocycles. The molecule has 4 aliphatic rings. The number of nitrogens with one attached hydrogen (secondary N) is 2. The van der Waals surface area contributed by atoms with Gasteiger partial charge in [0.2, 0.25) is 0 Å². The summed E-state index contributed by atoms with van der Waals surface area (Å²) in [4.78, 5) is 37.1. The van der Waals surface area contributed by atoms with Crippen molar-refractivity contribution in [3.05, 3.63) is 76.3 Å². The number of aliphatic carboxylic acids is 1. The molecule has 0 spiro atoms. The Kier molecular flexibility index (Phi) is 8.51. The van der Waals surface area contributed by atoms with Crippen LogP contribution in [0.4, 0.5) is 14.6 Å². The number of carboxylic acids is 1. The molecule has 1 aliphatic carbocycles. The van der Waals surface area contributed by atoms with Gasteiger partial charge in [-0.15, -0.1) is 0 Å². The van der Waals surface area contributed by atoms with Gasteiger partial charge in [0.05, 0.1) is 23.9 Å². The van der Waals surface area contributed by atoms with Gasteiger partial charge in [-0.05, 0) is 62.4 Å². The Balaban J connectivity index is 1.18. The number of carbonyl (C=O) groups is 2. The molecule has 5 N–H and O–H groups in total. The molecule has 0 bridgehead atoms. The lowest BCUT2D eigenvalue weighted by Gasteiger charge is -2.45. The highest BCUT2D eigenvalue weighted by Crippen LogP contribution is 2.40. The first-order valence-corrected chi connectivity index (χ1v) is 15.2. The van der Waals surface area contributed by atoms with Gasteiger partial charge in [0, 0.05) is 36.5 Å². The smallest absolute Gasteiger partial charge is 0.309 e. The van der Waals surface area contributed by atoms with Gasteiger partial charge < -0.3 is 31.1 Å². The normalized spacial score (nSPS) is 27.0. The molecule has 1 aromatic heterocycles. The van der Waals surface area contributed by atoms with Crippen LogP contribution in [0.5, 0.6) is 0 Å². The summed E-state index contributed by atoms with van der Waals surface area (Å²) in [7, 11) is 0. The van der Waals surface area contributed by atoms with Crippen molar-refractivity contribution in [2.75, 3.05) is 25.0 Å². The Hall–Kier alpha value is -4.07. The topological polar surface area (TPSA) is 145 Å². The summed E-state index contributed by atoms with van der Waals surface area (Å²) in [6.07, 6.45) is 2.21. The van der Waals surface area contributed by atoms with Crippen LogP contribution < -0.4 is 16.4 Å². The molecule has 4 heterocycles. The first-order chi connectivity index (χ1) is 21.5. The van der Waals surface area contributed by atoms with Crippen molar-refractivity contribution < 1.29 is 28.2 Å². The maximum absolute atomic E-state index is 13.1. The molecule has 1 saturated heterocycles. The predicted molar refractivity (Wildman–Crippen MR) is 164 cm³/mol. The first kappa shape index (κ1) is 30.9. The van der Waals surface area contributed by atoms with Crippen molar-refractivity contribution in [2.45, 2.75) is 57.3 Å². The number of carbonyl (C=O) groups excluding carboxylic acids is 1. The molecule has 0 radical (unpaired) electrons. The molecule has 14 heteroatoms. The number of carboxylic acid groups (broad SMARTS) is 1. The van der Waals surface area contributed by atoms with Gasteiger partial charge in [0.1, 0.15) is 34.8 Å². The summed E-state index contributed by atoms with van der Waals surface area (Å²) in [5, 5.41) is 16.1. The van der Waals surface area contributed by atoms with Crippen molar-refractivity contribution in [1.29, 1.82) is 0 Å². The third kappa shape index (κ3) is 6.11. The van der Waals surface area contributed by atoms with Crippen LogP contribution in [0.3, 0.4) is 0 Å². The predicted octanol–water partition coefficient (Wildman–Crippen LogP) is 4.31. The monoisotopic (exact) mass is 641 g/mol. The Morgan fingerprint density at radius 1 is 1.22 bits per heavy atom. The van der Waals surface area contributed by atoms with Crippen LogP contribution in [-0.4, -0.2) is 75.6 Å². The molecule has 6 rings (SSSR count). The number of morpholine rings is 1. The van der Waals surface area contributed by atoms with Gasteiger partial charge in [0.15, 0.2) is 0 Å². The number of benzene rings is 1. The molecular weight excluding hydrogens is 608 g/mol. The van der Waals surface area contributed by atoms with E-state index in [1.54, 1.807) is 24.3 Å². The molecule has 11 nitrogen and oxygen atoms in total. The summed E-state index contributed by atoms with van der Waals surface area (Å²) in [5.41, 5.74) is 7.75. The lowest BCUT2D eigenvalue weighted by Crippen LogP contribution is -2.58. The average Bonchev–Trinajstić information content (AvgIpc) is 3.46. The fourth-order valence-electron chi connectivity index (χ4n) is 6.42. The van der Waals surface area contributed by atoms with Gasteiger partial charge in [-0.1, -0.05) is 23.7 Å². The van der Waals surface area contributed by atoms with E-state index >= 15 is 0 Å². The Labute approximate surface area is 263 Å². The number of hydrogen-bond acceptors (Lipinski definition) is 9. The van der Waals surface area contributed by atoms with Crippen LogP contribution in [-0.2, 0) is 9.53 Å². The number of alkyl halides is 2. The largest absolute Gasteiger partial charge is 0.481 e. The standard InChI is InChI=1S/C31H34ClF2N7O4/c1-31(30(43)44)9-6-20(7-10-31)40-12-13-45-21(16-40)28-39-24(25-27(35)37-15-22(32)41(25)28)17-2-4-18(5-3-17)29(42)38-23-14-19(26(33)34)8-11-36-23/h2-5,8,11,14-15,20-21,26,28,39H,6-7,9-10,12-13,16H2,1H3,(H2,35,37)(H,43,44)(H,36,38,42). The zero-order chi connectivity index (χ0) is 31.9. The van der Waals surface area contributed by atoms with E-state index in [4.69, 9.17) is 22.1 Å². The lowest BCUT2D eigenvalue weighted by molar-refractivity contribution is -0.151. The van der Waals surface area contributed by atoms with Gasteiger partial charge in [0.25, 0.3) is 12.3 Å². The quantitative estimate of drug-likeness (QED) is 0.325. The second-order valence-corrected chi connectivity index (χ2v) is 12.3. The van der Waals surface area contributed by atoms with E-state index < -0.39 is 29.9 Å². The fourth-order valence-corrected chi connectivity index (χ4v) is 6.66. The zero-order valence-electron chi connectivity index (χ0n) is 24.6. The summed E-state index contributed by atoms with van der Waals surface area (Å²) in [6.45, 7) is 3.71. The van der Waals surface area contributed by atoms with E-state index in [9.17, 15) is 23.5 Å². The second kappa shape index (κ2) is 12.4. The first-order valence-electron chi connectivity index (χ1n) is 14.8. The molecule has 1 amide bonds. The number of pyridine rings is 1. The van der Waals surface area contributed by atoms with E-state index in [1.165, 1.54) is 18.5 Å². The minimum Gasteiger partial charge on any atom is -0.481 e. The Morgan fingerprint density at radius 3 is 2.64 bits per heavy atom. The van der Waals surface area contributed by atoms with Crippen molar-refractivity contribution in [3.63, 3.8) is 0 Å². The number of hydrogen-bond donors (Lipinski definition) is 4. The number of fused-ring (bicyclic) bond motifs is 1. The number of aromatic nitrogens is 1. The van der Waals surface area contributed by atoms with Crippen molar-refractivity contribution in [2.24, 2.45) is 16.1 Å². The van der Waals surface area contributed by atoms with E-state index in [0.717, 1.165) is 31.0 Å². The lowest BCUT2D eigenvalue weighted by atomic mass is 9.73. The minimum absolute atomic E-state index is 0.0287. The number of ether oxygens (including phenoxy) is 1. The highest BCUT2D eigenvalue weighted by molar-refractivity contribution is 6.30. The van der Waals surface area contributed by atoms with E-state index in [1.807, 2.05) is 11.8 Å². The van der Waals surface area contributed by atoms with Crippen LogP contribution in [0.1, 0.15) is 60.5 Å². The van der Waals surface area contributed by atoms with Crippen molar-refractivity contribution in [1.82, 2.24) is 20.1 Å². The Morgan fingerprint density at radius 2 is 1.96 bits per heavy atom. The van der Waals surface area contributed by atoms with Crippen molar-refractivity contribution in [3.8, 4) is 0 Å². The summed E-state index contributed by atoms with van der Waals surface area (Å²) < 4.78 is 32.4. The number of nitrogens with two attached hydrogens (primary N) is 1. The minimum atomic E-state index is -2.68. The molecule has 2 atom stereocenters.